The first kappa shape index (κ1) is 15.0. The maximum Gasteiger partial charge on any atom is 0.224 e. The van der Waals surface area contributed by atoms with Crippen molar-refractivity contribution >= 4 is 21.8 Å². The van der Waals surface area contributed by atoms with E-state index in [1.165, 1.54) is 0 Å². The summed E-state index contributed by atoms with van der Waals surface area (Å²) in [6, 6.07) is 3.59. The molecule has 1 aliphatic heterocycles. The predicted molar refractivity (Wildman–Crippen MR) is 78.8 cm³/mol. The van der Waals surface area contributed by atoms with E-state index in [2.05, 4.69) is 15.9 Å². The molecule has 0 radical (unpaired) electrons. The summed E-state index contributed by atoms with van der Waals surface area (Å²) in [6.07, 6.45) is 0.529. The molecule has 1 atom stereocenters. The summed E-state index contributed by atoms with van der Waals surface area (Å²) >= 11 is 3.48. The second-order valence-corrected chi connectivity index (χ2v) is 5.88. The van der Waals surface area contributed by atoms with Crippen molar-refractivity contribution in [1.29, 1.82) is 0 Å². The Kier molecular flexibility index (Phi) is 4.75. The standard InChI is InChI=1S/C14H18BrNO4/c1-18-10-5-12(19-2)11(13(6-10)20-3)8-16-7-9(15)4-14(16)17/h5-6,9H,4,7-8H2,1-3H3. The summed E-state index contributed by atoms with van der Waals surface area (Å²) in [5.74, 6) is 2.11. The van der Waals surface area contributed by atoms with Crippen LogP contribution in [-0.4, -0.2) is 43.5 Å². The minimum absolute atomic E-state index is 0.131. The highest BCUT2D eigenvalue weighted by atomic mass is 79.9. The Morgan fingerprint density at radius 2 is 1.80 bits per heavy atom. The van der Waals surface area contributed by atoms with Crippen molar-refractivity contribution in [2.24, 2.45) is 0 Å². The van der Waals surface area contributed by atoms with Crippen molar-refractivity contribution in [3.05, 3.63) is 17.7 Å². The summed E-state index contributed by atoms with van der Waals surface area (Å²) < 4.78 is 16.0. The molecule has 0 spiro atoms. The minimum Gasteiger partial charge on any atom is -0.496 e. The highest BCUT2D eigenvalue weighted by Gasteiger charge is 2.29. The van der Waals surface area contributed by atoms with Crippen molar-refractivity contribution in [1.82, 2.24) is 4.90 Å². The quantitative estimate of drug-likeness (QED) is 0.769. The third-order valence-corrected chi connectivity index (χ3v) is 3.95. The lowest BCUT2D eigenvalue weighted by molar-refractivity contribution is -0.128. The molecule has 1 unspecified atom stereocenters. The number of halogens is 1. The Morgan fingerprint density at radius 3 is 2.20 bits per heavy atom. The van der Waals surface area contributed by atoms with Gasteiger partial charge in [0.1, 0.15) is 17.2 Å². The zero-order valence-electron chi connectivity index (χ0n) is 11.8. The van der Waals surface area contributed by atoms with Crippen LogP contribution in [-0.2, 0) is 11.3 Å². The van der Waals surface area contributed by atoms with Gasteiger partial charge in [0.25, 0.3) is 0 Å². The lowest BCUT2D eigenvalue weighted by Gasteiger charge is -2.20. The van der Waals surface area contributed by atoms with Crippen LogP contribution in [0, 0.1) is 0 Å². The van der Waals surface area contributed by atoms with Gasteiger partial charge in [0, 0.05) is 29.9 Å². The average molecular weight is 344 g/mol. The highest BCUT2D eigenvalue weighted by Crippen LogP contribution is 2.36. The van der Waals surface area contributed by atoms with Crippen LogP contribution in [0.3, 0.4) is 0 Å². The number of carbonyl (C=O) groups is 1. The summed E-state index contributed by atoms with van der Waals surface area (Å²) in [6.45, 7) is 1.16. The normalized spacial score (nSPS) is 18.3. The molecule has 0 saturated carbocycles. The van der Waals surface area contributed by atoms with Gasteiger partial charge in [-0.05, 0) is 0 Å². The highest BCUT2D eigenvalue weighted by molar-refractivity contribution is 9.09. The summed E-state index contributed by atoms with van der Waals surface area (Å²) in [7, 11) is 4.78. The van der Waals surface area contributed by atoms with Gasteiger partial charge >= 0.3 is 0 Å². The Morgan fingerprint density at radius 1 is 1.20 bits per heavy atom. The lowest BCUT2D eigenvalue weighted by atomic mass is 10.1. The molecule has 0 bridgehead atoms. The molecule has 5 nitrogen and oxygen atoms in total. The van der Waals surface area contributed by atoms with Crippen LogP contribution in [0.2, 0.25) is 0 Å². The van der Waals surface area contributed by atoms with Gasteiger partial charge < -0.3 is 19.1 Å². The Labute approximate surface area is 126 Å². The molecule has 1 amide bonds. The molecule has 0 aromatic heterocycles. The SMILES string of the molecule is COc1cc(OC)c(CN2CC(Br)CC2=O)c(OC)c1. The first-order valence-electron chi connectivity index (χ1n) is 6.29. The van der Waals surface area contributed by atoms with E-state index < -0.39 is 0 Å². The van der Waals surface area contributed by atoms with Gasteiger partial charge in [-0.15, -0.1) is 0 Å². The fraction of sp³-hybridized carbons (Fsp3) is 0.500. The predicted octanol–water partition coefficient (Wildman–Crippen LogP) is 2.21. The summed E-state index contributed by atoms with van der Waals surface area (Å²) in [4.78, 5) is 13.9. The van der Waals surface area contributed by atoms with Crippen molar-refractivity contribution < 1.29 is 19.0 Å². The monoisotopic (exact) mass is 343 g/mol. The number of ether oxygens (including phenoxy) is 3. The van der Waals surface area contributed by atoms with Crippen LogP contribution in [0.4, 0.5) is 0 Å². The number of hydrogen-bond acceptors (Lipinski definition) is 4. The van der Waals surface area contributed by atoms with Crippen LogP contribution in [0.1, 0.15) is 12.0 Å². The van der Waals surface area contributed by atoms with E-state index in [1.54, 1.807) is 38.4 Å². The molecular formula is C14H18BrNO4. The van der Waals surface area contributed by atoms with E-state index in [0.29, 0.717) is 36.8 Å². The van der Waals surface area contributed by atoms with Crippen molar-refractivity contribution in [2.45, 2.75) is 17.8 Å². The van der Waals surface area contributed by atoms with Gasteiger partial charge in [0.15, 0.2) is 0 Å². The molecule has 0 N–H and O–H groups in total. The third kappa shape index (κ3) is 3.00. The van der Waals surface area contributed by atoms with Crippen molar-refractivity contribution in [3.8, 4) is 17.2 Å². The first-order valence-corrected chi connectivity index (χ1v) is 7.21. The molecular weight excluding hydrogens is 326 g/mol. The number of amides is 1. The van der Waals surface area contributed by atoms with Crippen molar-refractivity contribution in [2.75, 3.05) is 27.9 Å². The topological polar surface area (TPSA) is 48.0 Å². The molecule has 1 aromatic rings. The van der Waals surface area contributed by atoms with Gasteiger partial charge in [-0.25, -0.2) is 0 Å². The maximum atomic E-state index is 11.9. The Balaban J connectivity index is 2.32. The van der Waals surface area contributed by atoms with E-state index in [9.17, 15) is 4.79 Å². The first-order chi connectivity index (χ1) is 9.58. The van der Waals surface area contributed by atoms with E-state index in [0.717, 1.165) is 5.56 Å². The molecule has 2 rings (SSSR count). The second kappa shape index (κ2) is 6.35. The zero-order valence-corrected chi connectivity index (χ0v) is 13.4. The van der Waals surface area contributed by atoms with Gasteiger partial charge in [-0.2, -0.15) is 0 Å². The molecule has 1 saturated heterocycles. The van der Waals surface area contributed by atoms with E-state index in [4.69, 9.17) is 14.2 Å². The fourth-order valence-corrected chi connectivity index (χ4v) is 2.93. The largest absolute Gasteiger partial charge is 0.496 e. The van der Waals surface area contributed by atoms with E-state index >= 15 is 0 Å². The van der Waals surface area contributed by atoms with Crippen LogP contribution < -0.4 is 14.2 Å². The van der Waals surface area contributed by atoms with Crippen LogP contribution in [0.15, 0.2) is 12.1 Å². The number of carbonyl (C=O) groups excluding carboxylic acids is 1. The second-order valence-electron chi connectivity index (χ2n) is 4.59. The summed E-state index contributed by atoms with van der Waals surface area (Å²) in [5, 5.41) is 0. The molecule has 1 fully saturated rings. The number of hydrogen-bond donors (Lipinski definition) is 0. The van der Waals surface area contributed by atoms with Gasteiger partial charge in [-0.1, -0.05) is 15.9 Å². The number of nitrogens with zero attached hydrogens (tertiary/aromatic N) is 1. The fourth-order valence-electron chi connectivity index (χ4n) is 2.30. The Bertz CT molecular complexity index is 481. The third-order valence-electron chi connectivity index (χ3n) is 3.33. The average Bonchev–Trinajstić information content (AvgIpc) is 2.76. The summed E-state index contributed by atoms with van der Waals surface area (Å²) in [5.41, 5.74) is 0.853. The van der Waals surface area contributed by atoms with Crippen LogP contribution in [0.25, 0.3) is 0 Å². The molecule has 6 heteroatoms. The zero-order chi connectivity index (χ0) is 14.7. The number of rotatable bonds is 5. The van der Waals surface area contributed by atoms with E-state index in [1.807, 2.05) is 0 Å². The Hall–Kier alpha value is -1.43. The maximum absolute atomic E-state index is 11.9. The molecule has 1 aromatic carbocycles. The molecule has 20 heavy (non-hydrogen) atoms. The number of alkyl halides is 1. The number of likely N-dealkylation sites (tertiary alicyclic amines) is 1. The molecule has 1 aliphatic rings. The molecule has 1 heterocycles. The van der Waals surface area contributed by atoms with Crippen LogP contribution >= 0.6 is 15.9 Å². The molecule has 0 aliphatic carbocycles. The van der Waals surface area contributed by atoms with Gasteiger partial charge in [0.2, 0.25) is 5.91 Å². The van der Waals surface area contributed by atoms with Crippen molar-refractivity contribution in [3.63, 3.8) is 0 Å². The van der Waals surface area contributed by atoms with Crippen LogP contribution in [0.5, 0.6) is 17.2 Å². The van der Waals surface area contributed by atoms with Gasteiger partial charge in [0.05, 0.1) is 33.4 Å². The molecule has 110 valence electrons. The lowest BCUT2D eigenvalue weighted by Crippen LogP contribution is -2.25. The number of methoxy groups -OCH3 is 3. The smallest absolute Gasteiger partial charge is 0.224 e. The number of benzene rings is 1. The van der Waals surface area contributed by atoms with E-state index in [-0.39, 0.29) is 10.7 Å². The van der Waals surface area contributed by atoms with Gasteiger partial charge in [-0.3, -0.25) is 4.79 Å². The minimum atomic E-state index is 0.131.